The summed E-state index contributed by atoms with van der Waals surface area (Å²) >= 11 is 0. The van der Waals surface area contributed by atoms with Crippen LogP contribution >= 0.6 is 0 Å². The van der Waals surface area contributed by atoms with Crippen LogP contribution in [-0.4, -0.2) is 118 Å². The van der Waals surface area contributed by atoms with E-state index < -0.39 is 5.92 Å². The number of carbonyl (C=O) groups is 4. The van der Waals surface area contributed by atoms with E-state index in [1.165, 1.54) is 0 Å². The number of benzene rings is 2. The number of ether oxygens (including phenoxy) is 1. The highest BCUT2D eigenvalue weighted by atomic mass is 16.5. The Bertz CT molecular complexity index is 2010. The summed E-state index contributed by atoms with van der Waals surface area (Å²) in [6.45, 7) is 10.7. The van der Waals surface area contributed by atoms with Gasteiger partial charge in [0, 0.05) is 63.5 Å². The minimum absolute atomic E-state index is 0.00926. The molecule has 8 rings (SSSR count). The number of Topliss-reactive ketones (excluding diaryl/α,β-unsaturated/α-hetero) is 1. The number of aryl methyl sites for hydroxylation is 1. The van der Waals surface area contributed by atoms with Gasteiger partial charge in [0.25, 0.3) is 0 Å². The van der Waals surface area contributed by atoms with Gasteiger partial charge in [0.15, 0.2) is 12.5 Å². The van der Waals surface area contributed by atoms with Crippen LogP contribution in [0.3, 0.4) is 0 Å². The standard InChI is InChI=1S/C46H60N6O5/c1-4-13-46(14-15-46)45(56)57-31-52-43-32(2)24-33(26-38(43)30-47-52)25-37(44(55)51-22-20-49(21-23-51)39-11-16-48(3)17-12-39)29-42(54)50-18-9-34(10-19-50)40-27-35-7-5-6-8-36(35)28-41(40)53/h5-8,24,26-27,30,34,37,39H,4,9-23,25,28-29,31H2,1-3H3/t37-/m0/s1. The van der Waals surface area contributed by atoms with Crippen molar-refractivity contribution in [2.24, 2.45) is 17.3 Å². The lowest BCUT2D eigenvalue weighted by Crippen LogP contribution is -2.55. The predicted molar refractivity (Wildman–Crippen MR) is 220 cm³/mol. The summed E-state index contributed by atoms with van der Waals surface area (Å²) in [5.41, 5.74) is 5.68. The molecule has 3 aliphatic heterocycles. The lowest BCUT2D eigenvalue weighted by molar-refractivity contribution is -0.154. The Hall–Kier alpha value is -4.35. The summed E-state index contributed by atoms with van der Waals surface area (Å²) in [6.07, 6.45) is 12.3. The van der Waals surface area contributed by atoms with Crippen LogP contribution in [0.5, 0.6) is 0 Å². The van der Waals surface area contributed by atoms with E-state index in [2.05, 4.69) is 53.1 Å². The molecule has 0 N–H and O–H groups in total. The normalized spacial score (nSPS) is 21.3. The van der Waals surface area contributed by atoms with Gasteiger partial charge in [0.1, 0.15) is 0 Å². The van der Waals surface area contributed by atoms with Gasteiger partial charge in [-0.3, -0.25) is 24.1 Å². The average Bonchev–Trinajstić information content (AvgIpc) is 3.90. The highest BCUT2D eigenvalue weighted by Gasteiger charge is 2.50. The first kappa shape index (κ1) is 39.5. The van der Waals surface area contributed by atoms with Crippen LogP contribution in [0, 0.1) is 24.2 Å². The molecule has 2 aromatic carbocycles. The lowest BCUT2D eigenvalue weighted by atomic mass is 9.80. The molecule has 0 radical (unpaired) electrons. The fourth-order valence-electron chi connectivity index (χ4n) is 10.1. The van der Waals surface area contributed by atoms with E-state index in [-0.39, 0.29) is 48.1 Å². The fourth-order valence-corrected chi connectivity index (χ4v) is 10.1. The third kappa shape index (κ3) is 8.60. The molecule has 3 saturated heterocycles. The number of rotatable bonds is 12. The van der Waals surface area contributed by atoms with Gasteiger partial charge >= 0.3 is 5.97 Å². The first-order valence-electron chi connectivity index (χ1n) is 21.5. The summed E-state index contributed by atoms with van der Waals surface area (Å²) in [4.78, 5) is 63.5. The summed E-state index contributed by atoms with van der Waals surface area (Å²) in [6, 6.07) is 12.8. The van der Waals surface area contributed by atoms with Crippen molar-refractivity contribution in [3.05, 3.63) is 70.4 Å². The van der Waals surface area contributed by atoms with Crippen molar-refractivity contribution in [1.29, 1.82) is 0 Å². The van der Waals surface area contributed by atoms with Crippen molar-refractivity contribution < 1.29 is 23.9 Å². The minimum Gasteiger partial charge on any atom is -0.442 e. The predicted octanol–water partition coefficient (Wildman–Crippen LogP) is 5.66. The maximum absolute atomic E-state index is 14.5. The number of amides is 2. The first-order chi connectivity index (χ1) is 27.6. The van der Waals surface area contributed by atoms with Gasteiger partial charge in [-0.2, -0.15) is 5.10 Å². The van der Waals surface area contributed by atoms with E-state index >= 15 is 0 Å². The number of hydrogen-bond acceptors (Lipinski definition) is 8. The number of fused-ring (bicyclic) bond motifs is 2. The number of esters is 1. The topological polar surface area (TPSA) is 108 Å². The molecule has 1 saturated carbocycles. The quantitative estimate of drug-likeness (QED) is 0.217. The van der Waals surface area contributed by atoms with Crippen LogP contribution < -0.4 is 0 Å². The molecule has 1 atom stereocenters. The Morgan fingerprint density at radius 3 is 2.39 bits per heavy atom. The van der Waals surface area contributed by atoms with Crippen molar-refractivity contribution in [3.8, 4) is 0 Å². The zero-order valence-corrected chi connectivity index (χ0v) is 34.2. The number of aromatic nitrogens is 2. The van der Waals surface area contributed by atoms with Crippen LogP contribution in [0.1, 0.15) is 87.0 Å². The number of allylic oxidation sites excluding steroid dienone is 1. The maximum Gasteiger partial charge on any atom is 0.313 e. The molecule has 11 nitrogen and oxygen atoms in total. The number of ketones is 1. The Morgan fingerprint density at radius 1 is 0.930 bits per heavy atom. The van der Waals surface area contributed by atoms with Crippen molar-refractivity contribution in [3.63, 3.8) is 0 Å². The number of carbonyl (C=O) groups excluding carboxylic acids is 4. The van der Waals surface area contributed by atoms with Crippen LogP contribution in [0.15, 0.2) is 48.2 Å². The van der Waals surface area contributed by atoms with Crippen molar-refractivity contribution in [1.82, 2.24) is 29.4 Å². The number of nitrogens with zero attached hydrogens (tertiary/aromatic N) is 6. The zero-order valence-electron chi connectivity index (χ0n) is 34.2. The number of piperazine rings is 1. The average molecular weight is 777 g/mol. The van der Waals surface area contributed by atoms with Crippen LogP contribution in [0.4, 0.5) is 0 Å². The van der Waals surface area contributed by atoms with Gasteiger partial charge < -0.3 is 19.4 Å². The lowest BCUT2D eigenvalue weighted by Gasteiger charge is -2.43. The molecule has 0 spiro atoms. The van der Waals surface area contributed by atoms with Crippen molar-refractivity contribution >= 4 is 40.5 Å². The van der Waals surface area contributed by atoms with Crippen molar-refractivity contribution in [2.45, 2.75) is 97.2 Å². The van der Waals surface area contributed by atoms with E-state index in [0.29, 0.717) is 45.1 Å². The van der Waals surface area contributed by atoms with Gasteiger partial charge in [-0.25, -0.2) is 4.68 Å². The largest absolute Gasteiger partial charge is 0.442 e. The Balaban J connectivity index is 0.950. The molecule has 57 heavy (non-hydrogen) atoms. The summed E-state index contributed by atoms with van der Waals surface area (Å²) in [5.74, 6) is -0.231. The number of hydrogen-bond donors (Lipinski definition) is 0. The SMILES string of the molecule is CCCC1(C(=O)OCn2ncc3cc(C[C@@H](CC(=O)N4CCC(C5=Cc6ccccc6CC5=O)CC4)C(=O)N4CCN(C5CCN(C)CC5)CC4)cc(C)c32)CC1. The Kier molecular flexibility index (Phi) is 11.7. The van der Waals surface area contributed by atoms with Crippen LogP contribution in [0.2, 0.25) is 0 Å². The molecular weight excluding hydrogens is 717 g/mol. The second kappa shape index (κ2) is 16.9. The van der Waals surface area contributed by atoms with E-state index in [0.717, 1.165) is 116 Å². The molecule has 3 aromatic rings. The van der Waals surface area contributed by atoms with Gasteiger partial charge in [-0.15, -0.1) is 0 Å². The fraction of sp³-hybridized carbons (Fsp3) is 0.587. The molecule has 5 aliphatic rings. The van der Waals surface area contributed by atoms with Gasteiger partial charge in [0.05, 0.1) is 23.0 Å². The van der Waals surface area contributed by atoms with E-state index in [1.54, 1.807) is 10.9 Å². The molecule has 304 valence electrons. The molecule has 11 heteroatoms. The molecule has 2 amide bonds. The smallest absolute Gasteiger partial charge is 0.313 e. The molecule has 0 bridgehead atoms. The van der Waals surface area contributed by atoms with Crippen molar-refractivity contribution in [2.75, 3.05) is 59.4 Å². The third-order valence-corrected chi connectivity index (χ3v) is 13.7. The molecule has 4 fully saturated rings. The maximum atomic E-state index is 14.5. The number of likely N-dealkylation sites (tertiary alicyclic amines) is 2. The molecule has 1 aromatic heterocycles. The second-order valence-corrected chi connectivity index (χ2v) is 17.6. The number of piperidine rings is 2. The molecular formula is C46H60N6O5. The summed E-state index contributed by atoms with van der Waals surface area (Å²) in [7, 11) is 2.19. The monoisotopic (exact) mass is 776 g/mol. The summed E-state index contributed by atoms with van der Waals surface area (Å²) < 4.78 is 7.53. The van der Waals surface area contributed by atoms with E-state index in [9.17, 15) is 19.2 Å². The summed E-state index contributed by atoms with van der Waals surface area (Å²) in [5, 5.41) is 5.52. The zero-order chi connectivity index (χ0) is 39.7. The van der Waals surface area contributed by atoms with Crippen LogP contribution in [0.25, 0.3) is 17.0 Å². The minimum atomic E-state index is -0.495. The Morgan fingerprint density at radius 2 is 1.67 bits per heavy atom. The van der Waals surface area contributed by atoms with Gasteiger partial charge in [-0.05, 0) is 124 Å². The third-order valence-electron chi connectivity index (χ3n) is 13.7. The highest BCUT2D eigenvalue weighted by molar-refractivity contribution is 6.04. The molecule has 2 aliphatic carbocycles. The second-order valence-electron chi connectivity index (χ2n) is 17.6. The van der Waals surface area contributed by atoms with Gasteiger partial charge in [-0.1, -0.05) is 43.7 Å². The van der Waals surface area contributed by atoms with Crippen LogP contribution in [-0.2, 0) is 43.5 Å². The molecule has 0 unspecified atom stereocenters. The Labute approximate surface area is 337 Å². The molecule has 4 heterocycles. The highest BCUT2D eigenvalue weighted by Crippen LogP contribution is 2.50. The van der Waals surface area contributed by atoms with Gasteiger partial charge in [0.2, 0.25) is 11.8 Å². The van der Waals surface area contributed by atoms with E-state index in [1.807, 2.05) is 34.9 Å². The first-order valence-corrected chi connectivity index (χ1v) is 21.5. The van der Waals surface area contributed by atoms with E-state index in [4.69, 9.17) is 4.74 Å².